The first-order valence-corrected chi connectivity index (χ1v) is 20.9. The molecule has 0 unspecified atom stereocenters. The zero-order chi connectivity index (χ0) is 33.7. The number of unbranched alkanes of at least 4 members (excludes halogenated alkanes) is 8. The van der Waals surface area contributed by atoms with Crippen molar-refractivity contribution in [1.82, 2.24) is 0 Å². The van der Waals surface area contributed by atoms with Crippen molar-refractivity contribution in [3.8, 4) is 0 Å². The molecule has 4 aliphatic rings. The van der Waals surface area contributed by atoms with Crippen LogP contribution >= 0.6 is 0 Å². The summed E-state index contributed by atoms with van der Waals surface area (Å²) in [7, 11) is 0. The van der Waals surface area contributed by atoms with Crippen molar-refractivity contribution in [3.05, 3.63) is 36.0 Å². The predicted octanol–water partition coefficient (Wildman–Crippen LogP) is 13.8. The summed E-state index contributed by atoms with van der Waals surface area (Å²) in [5.74, 6) is 5.30. The van der Waals surface area contributed by atoms with E-state index in [4.69, 9.17) is 4.74 Å². The van der Waals surface area contributed by atoms with E-state index >= 15 is 0 Å². The van der Waals surface area contributed by atoms with Crippen LogP contribution in [0, 0.1) is 46.3 Å². The summed E-state index contributed by atoms with van der Waals surface area (Å²) in [5.41, 5.74) is 2.52. The quantitative estimate of drug-likeness (QED) is 0.0746. The molecule has 0 aromatic carbocycles. The largest absolute Gasteiger partial charge is 0.462 e. The average molecular weight is 649 g/mol. The number of rotatable bonds is 20. The van der Waals surface area contributed by atoms with E-state index in [1.807, 2.05) is 0 Å². The molecule has 2 nitrogen and oxygen atoms in total. The van der Waals surface area contributed by atoms with Crippen LogP contribution in [0.15, 0.2) is 36.0 Å². The van der Waals surface area contributed by atoms with Crippen molar-refractivity contribution < 1.29 is 9.53 Å². The van der Waals surface area contributed by atoms with Gasteiger partial charge in [0.25, 0.3) is 0 Å². The van der Waals surface area contributed by atoms with Gasteiger partial charge in [-0.1, -0.05) is 129 Å². The molecule has 268 valence electrons. The molecule has 0 radical (unpaired) electrons. The Kier molecular flexibility index (Phi) is 15.7. The minimum absolute atomic E-state index is 0.0477. The molecule has 3 saturated carbocycles. The molecule has 0 amide bonds. The zero-order valence-electron chi connectivity index (χ0n) is 32.0. The molecule has 8 atom stereocenters. The molecule has 4 rings (SSSR count). The van der Waals surface area contributed by atoms with Gasteiger partial charge in [0.1, 0.15) is 6.10 Å². The van der Waals surface area contributed by atoms with Gasteiger partial charge in [0.05, 0.1) is 0 Å². The molecular weight excluding hydrogens is 572 g/mol. The first kappa shape index (κ1) is 38.5. The number of fused-ring (bicyclic) bond motifs is 5. The van der Waals surface area contributed by atoms with Gasteiger partial charge >= 0.3 is 5.97 Å². The van der Waals surface area contributed by atoms with Gasteiger partial charge in [-0.3, -0.25) is 4.79 Å². The SMILES string of the molecule is CCCCC/C=C\C/C=C\CCCCCCCC(=O)O[C@@H]1CC[C@@]2(C)C(=CC[C@@H]3[C@H]2CC[C@]2(C)[C@@H]([C@H](C)CCCC(C)C)CC[C@@H]32)C1. The Bertz CT molecular complexity index is 1020. The second-order valence-electron chi connectivity index (χ2n) is 17.6. The van der Waals surface area contributed by atoms with Crippen molar-refractivity contribution in [2.75, 3.05) is 0 Å². The number of hydrogen-bond donors (Lipinski definition) is 0. The van der Waals surface area contributed by atoms with E-state index in [9.17, 15) is 4.79 Å². The second kappa shape index (κ2) is 19.2. The van der Waals surface area contributed by atoms with Crippen molar-refractivity contribution in [3.63, 3.8) is 0 Å². The van der Waals surface area contributed by atoms with Gasteiger partial charge in [-0.15, -0.1) is 0 Å². The molecule has 0 spiro atoms. The third-order valence-electron chi connectivity index (χ3n) is 13.9. The Morgan fingerprint density at radius 3 is 2.30 bits per heavy atom. The lowest BCUT2D eigenvalue weighted by molar-refractivity contribution is -0.151. The molecule has 0 aromatic rings. The molecule has 47 heavy (non-hydrogen) atoms. The number of carbonyl (C=O) groups is 1. The fraction of sp³-hybridized carbons (Fsp3) is 0.844. The summed E-state index contributed by atoms with van der Waals surface area (Å²) in [5, 5.41) is 0. The average Bonchev–Trinajstić information content (AvgIpc) is 3.40. The van der Waals surface area contributed by atoms with Crippen LogP contribution in [0.2, 0.25) is 0 Å². The smallest absolute Gasteiger partial charge is 0.306 e. The van der Waals surface area contributed by atoms with Crippen LogP contribution in [0.1, 0.15) is 189 Å². The first-order chi connectivity index (χ1) is 22.7. The summed E-state index contributed by atoms with van der Waals surface area (Å²) >= 11 is 0. The maximum Gasteiger partial charge on any atom is 0.306 e. The first-order valence-electron chi connectivity index (χ1n) is 20.9. The van der Waals surface area contributed by atoms with Gasteiger partial charge in [0, 0.05) is 12.8 Å². The molecule has 0 bridgehead atoms. The number of hydrogen-bond acceptors (Lipinski definition) is 2. The van der Waals surface area contributed by atoms with Gasteiger partial charge in [0.15, 0.2) is 0 Å². The van der Waals surface area contributed by atoms with Crippen molar-refractivity contribution in [1.29, 1.82) is 0 Å². The minimum Gasteiger partial charge on any atom is -0.462 e. The molecule has 0 aliphatic heterocycles. The third-order valence-corrected chi connectivity index (χ3v) is 13.9. The molecule has 0 N–H and O–H groups in total. The fourth-order valence-corrected chi connectivity index (χ4v) is 11.1. The highest BCUT2D eigenvalue weighted by Crippen LogP contribution is 2.67. The van der Waals surface area contributed by atoms with Gasteiger partial charge in [-0.05, 0) is 130 Å². The normalized spacial score (nSPS) is 32.7. The van der Waals surface area contributed by atoms with E-state index in [2.05, 4.69) is 71.9 Å². The van der Waals surface area contributed by atoms with Crippen LogP contribution < -0.4 is 0 Å². The Morgan fingerprint density at radius 2 is 1.55 bits per heavy atom. The zero-order valence-corrected chi connectivity index (χ0v) is 32.0. The third kappa shape index (κ3) is 10.6. The van der Waals surface area contributed by atoms with Crippen LogP contribution in [0.5, 0.6) is 0 Å². The number of ether oxygens (including phenoxy) is 1. The lowest BCUT2D eigenvalue weighted by Gasteiger charge is -2.58. The highest BCUT2D eigenvalue weighted by Gasteiger charge is 2.59. The van der Waals surface area contributed by atoms with E-state index in [0.717, 1.165) is 67.6 Å². The molecule has 0 heterocycles. The highest BCUT2D eigenvalue weighted by atomic mass is 16.5. The summed E-state index contributed by atoms with van der Waals surface area (Å²) in [6, 6.07) is 0. The van der Waals surface area contributed by atoms with Crippen LogP contribution in [-0.2, 0) is 9.53 Å². The second-order valence-corrected chi connectivity index (χ2v) is 17.6. The van der Waals surface area contributed by atoms with Crippen LogP contribution in [0.4, 0.5) is 0 Å². The van der Waals surface area contributed by atoms with Gasteiger partial charge in [-0.25, -0.2) is 0 Å². The monoisotopic (exact) mass is 649 g/mol. The summed E-state index contributed by atoms with van der Waals surface area (Å²) in [6.45, 7) is 14.9. The lowest BCUT2D eigenvalue weighted by atomic mass is 9.47. The highest BCUT2D eigenvalue weighted by molar-refractivity contribution is 5.69. The van der Waals surface area contributed by atoms with Crippen molar-refractivity contribution >= 4 is 5.97 Å². The number of allylic oxidation sites excluding steroid dienone is 5. The maximum absolute atomic E-state index is 12.8. The molecule has 3 fully saturated rings. The lowest BCUT2D eigenvalue weighted by Crippen LogP contribution is -2.51. The Morgan fingerprint density at radius 1 is 0.830 bits per heavy atom. The predicted molar refractivity (Wildman–Crippen MR) is 202 cm³/mol. The van der Waals surface area contributed by atoms with E-state index in [0.29, 0.717) is 17.3 Å². The van der Waals surface area contributed by atoms with E-state index in [1.165, 1.54) is 109 Å². The molecular formula is C45H76O2. The van der Waals surface area contributed by atoms with Crippen molar-refractivity contribution in [2.24, 2.45) is 46.3 Å². The standard InChI is InChI=1S/C45H76O2/c1-7-8-9-10-11-12-13-14-15-16-17-18-19-20-21-25-43(46)47-38-30-32-44(5)37(34-38)26-27-39-41-29-28-40(36(4)24-22-23-35(2)3)45(41,6)33-31-42(39)44/h11-12,14-15,26,35-36,38-42H,7-10,13,16-25,27-34H2,1-6H3/b12-11-,15-14-/t36-,38-,39+,40-,41+,42-,44+,45-/m1/s1. The Labute approximate surface area is 292 Å². The van der Waals surface area contributed by atoms with Gasteiger partial charge in [0.2, 0.25) is 0 Å². The number of esters is 1. The Balaban J connectivity index is 1.13. The maximum atomic E-state index is 12.8. The molecule has 2 heteroatoms. The number of carbonyl (C=O) groups excluding carboxylic acids is 1. The summed E-state index contributed by atoms with van der Waals surface area (Å²) < 4.78 is 6.12. The van der Waals surface area contributed by atoms with Crippen LogP contribution in [0.3, 0.4) is 0 Å². The molecule has 0 saturated heterocycles. The van der Waals surface area contributed by atoms with Gasteiger partial charge in [-0.2, -0.15) is 0 Å². The summed E-state index contributed by atoms with van der Waals surface area (Å²) in [6.07, 6.45) is 40.5. The molecule has 0 aromatic heterocycles. The van der Waals surface area contributed by atoms with E-state index in [-0.39, 0.29) is 12.1 Å². The fourth-order valence-electron chi connectivity index (χ4n) is 11.1. The van der Waals surface area contributed by atoms with Crippen LogP contribution in [0.25, 0.3) is 0 Å². The summed E-state index contributed by atoms with van der Waals surface area (Å²) in [4.78, 5) is 12.8. The molecule has 4 aliphatic carbocycles. The van der Waals surface area contributed by atoms with E-state index < -0.39 is 0 Å². The van der Waals surface area contributed by atoms with E-state index in [1.54, 1.807) is 5.57 Å². The topological polar surface area (TPSA) is 26.3 Å². The van der Waals surface area contributed by atoms with Crippen molar-refractivity contribution in [2.45, 2.75) is 195 Å². The minimum atomic E-state index is 0.0477. The van der Waals surface area contributed by atoms with Gasteiger partial charge < -0.3 is 4.74 Å². The Hall–Kier alpha value is -1.31. The van der Waals surface area contributed by atoms with Crippen LogP contribution in [-0.4, -0.2) is 12.1 Å².